The second kappa shape index (κ2) is 4.34. The van der Waals surface area contributed by atoms with Gasteiger partial charge >= 0.3 is 0 Å². The monoisotopic (exact) mass is 267 g/mol. The molecule has 0 aliphatic heterocycles. The van der Waals surface area contributed by atoms with Gasteiger partial charge in [0.15, 0.2) is 0 Å². The summed E-state index contributed by atoms with van der Waals surface area (Å²) < 4.78 is 31.3. The molecule has 0 spiro atoms. The highest BCUT2D eigenvalue weighted by atomic mass is 32.2. The molecular formula is C11H13N3O3S. The van der Waals surface area contributed by atoms with Gasteiger partial charge in [-0.05, 0) is 37.1 Å². The Kier molecular flexibility index (Phi) is 3.00. The fourth-order valence-corrected chi connectivity index (χ4v) is 2.98. The van der Waals surface area contributed by atoms with Crippen LogP contribution in [0, 0.1) is 13.8 Å². The first-order valence-corrected chi connectivity index (χ1v) is 6.67. The fourth-order valence-electron chi connectivity index (χ4n) is 1.60. The molecule has 2 rings (SSSR count). The number of hydrogen-bond acceptors (Lipinski definition) is 5. The van der Waals surface area contributed by atoms with Crippen LogP contribution in [-0.2, 0) is 10.0 Å². The van der Waals surface area contributed by atoms with Crippen molar-refractivity contribution in [2.24, 2.45) is 0 Å². The minimum Gasteiger partial charge on any atom is -0.398 e. The molecule has 0 aliphatic rings. The van der Waals surface area contributed by atoms with E-state index in [1.165, 1.54) is 12.5 Å². The lowest BCUT2D eigenvalue weighted by Gasteiger charge is -2.11. The molecule has 2 aromatic rings. The van der Waals surface area contributed by atoms with Crippen LogP contribution in [0.2, 0.25) is 0 Å². The third-order valence-corrected chi connectivity index (χ3v) is 4.03. The largest absolute Gasteiger partial charge is 0.398 e. The molecule has 0 saturated heterocycles. The number of aromatic nitrogens is 1. The Bertz CT molecular complexity index is 663. The summed E-state index contributed by atoms with van der Waals surface area (Å²) in [6.07, 6.45) is 2.50. The fraction of sp³-hybridized carbons (Fsp3) is 0.182. The minimum atomic E-state index is -3.69. The molecule has 0 saturated carbocycles. The van der Waals surface area contributed by atoms with Gasteiger partial charge in [0.1, 0.15) is 12.0 Å². The molecule has 0 radical (unpaired) electrons. The smallest absolute Gasteiger partial charge is 0.262 e. The van der Waals surface area contributed by atoms with Gasteiger partial charge in [0.25, 0.3) is 10.0 Å². The van der Waals surface area contributed by atoms with Gasteiger partial charge in [0, 0.05) is 5.69 Å². The molecule has 0 fully saturated rings. The van der Waals surface area contributed by atoms with Crippen LogP contribution in [0.4, 0.5) is 11.4 Å². The normalized spacial score (nSPS) is 11.4. The maximum absolute atomic E-state index is 12.2. The van der Waals surface area contributed by atoms with Gasteiger partial charge in [-0.1, -0.05) is 5.16 Å². The molecule has 0 aliphatic carbocycles. The van der Waals surface area contributed by atoms with Gasteiger partial charge in [0.05, 0.1) is 11.1 Å². The predicted octanol–water partition coefficient (Wildman–Crippen LogP) is 1.67. The molecule has 1 aromatic heterocycles. The van der Waals surface area contributed by atoms with Crippen LogP contribution >= 0.6 is 0 Å². The van der Waals surface area contributed by atoms with E-state index in [-0.39, 0.29) is 10.6 Å². The van der Waals surface area contributed by atoms with E-state index in [0.717, 1.165) is 5.56 Å². The number of sulfonamides is 1. The van der Waals surface area contributed by atoms with Crippen molar-refractivity contribution in [3.8, 4) is 0 Å². The van der Waals surface area contributed by atoms with Crippen LogP contribution in [0.3, 0.4) is 0 Å². The highest BCUT2D eigenvalue weighted by Gasteiger charge is 2.19. The number of aryl methyl sites for hydroxylation is 1. The standard InChI is InChI=1S/C11H13N3O3S/c1-7-3-10(12)8(2)11(4-7)18(15,16)14-9-5-13-17-6-9/h3-6,14H,12H2,1-2H3. The van der Waals surface area contributed by atoms with E-state index < -0.39 is 10.0 Å². The molecule has 3 N–H and O–H groups in total. The van der Waals surface area contributed by atoms with Gasteiger partial charge in [-0.25, -0.2) is 8.42 Å². The van der Waals surface area contributed by atoms with E-state index in [4.69, 9.17) is 5.73 Å². The molecule has 96 valence electrons. The molecule has 0 unspecified atom stereocenters. The first kappa shape index (κ1) is 12.4. The van der Waals surface area contributed by atoms with Crippen molar-refractivity contribution >= 4 is 21.4 Å². The summed E-state index contributed by atoms with van der Waals surface area (Å²) in [7, 11) is -3.69. The zero-order chi connectivity index (χ0) is 13.3. The van der Waals surface area contributed by atoms with Crippen LogP contribution in [0.5, 0.6) is 0 Å². The lowest BCUT2D eigenvalue weighted by molar-refractivity contribution is 0.420. The number of nitrogens with two attached hydrogens (primary N) is 1. The number of nitrogens with zero attached hydrogens (tertiary/aromatic N) is 1. The number of anilines is 2. The molecule has 1 aromatic carbocycles. The van der Waals surface area contributed by atoms with Gasteiger partial charge in [-0.2, -0.15) is 0 Å². The third kappa shape index (κ3) is 2.30. The van der Waals surface area contributed by atoms with Crippen molar-refractivity contribution in [1.29, 1.82) is 0 Å². The van der Waals surface area contributed by atoms with Crippen molar-refractivity contribution < 1.29 is 12.9 Å². The Balaban J connectivity index is 2.48. The van der Waals surface area contributed by atoms with Gasteiger partial charge < -0.3 is 10.3 Å². The lowest BCUT2D eigenvalue weighted by Crippen LogP contribution is -2.15. The van der Waals surface area contributed by atoms with Crippen LogP contribution < -0.4 is 10.5 Å². The molecule has 18 heavy (non-hydrogen) atoms. The topological polar surface area (TPSA) is 98.2 Å². The lowest BCUT2D eigenvalue weighted by atomic mass is 10.1. The Labute approximate surface area is 105 Å². The van der Waals surface area contributed by atoms with Gasteiger partial charge in [-0.3, -0.25) is 4.72 Å². The van der Waals surface area contributed by atoms with E-state index in [1.54, 1.807) is 26.0 Å². The number of rotatable bonds is 3. The van der Waals surface area contributed by atoms with Crippen molar-refractivity contribution in [3.63, 3.8) is 0 Å². The van der Waals surface area contributed by atoms with Crippen LogP contribution in [0.1, 0.15) is 11.1 Å². The molecule has 0 amide bonds. The van der Waals surface area contributed by atoms with E-state index in [2.05, 4.69) is 14.4 Å². The summed E-state index contributed by atoms with van der Waals surface area (Å²) in [5, 5.41) is 3.43. The number of benzene rings is 1. The molecule has 6 nitrogen and oxygen atoms in total. The van der Waals surface area contributed by atoms with Crippen LogP contribution in [0.25, 0.3) is 0 Å². The van der Waals surface area contributed by atoms with Crippen LogP contribution in [-0.4, -0.2) is 13.6 Å². The Hall–Kier alpha value is -2.02. The maximum Gasteiger partial charge on any atom is 0.262 e. The SMILES string of the molecule is Cc1cc(N)c(C)c(S(=O)(=O)Nc2cnoc2)c1. The third-order valence-electron chi connectivity index (χ3n) is 2.52. The second-order valence-electron chi connectivity index (χ2n) is 4.00. The number of hydrogen-bond donors (Lipinski definition) is 2. The zero-order valence-corrected chi connectivity index (χ0v) is 10.8. The van der Waals surface area contributed by atoms with Crippen LogP contribution in [0.15, 0.2) is 34.0 Å². The van der Waals surface area contributed by atoms with Crippen molar-refractivity contribution in [1.82, 2.24) is 5.16 Å². The summed E-state index contributed by atoms with van der Waals surface area (Å²) in [5.41, 5.74) is 7.79. The van der Waals surface area contributed by atoms with Crippen molar-refractivity contribution in [2.75, 3.05) is 10.5 Å². The Morgan fingerprint density at radius 2 is 2.06 bits per heavy atom. The van der Waals surface area contributed by atoms with E-state index in [1.807, 2.05) is 0 Å². The molecule has 0 bridgehead atoms. The van der Waals surface area contributed by atoms with E-state index >= 15 is 0 Å². The summed E-state index contributed by atoms with van der Waals surface area (Å²) in [5.74, 6) is 0. The Morgan fingerprint density at radius 3 is 2.67 bits per heavy atom. The van der Waals surface area contributed by atoms with Gasteiger partial charge in [0.2, 0.25) is 0 Å². The average molecular weight is 267 g/mol. The highest BCUT2D eigenvalue weighted by molar-refractivity contribution is 7.92. The molecule has 1 heterocycles. The zero-order valence-electron chi connectivity index (χ0n) is 9.97. The highest BCUT2D eigenvalue weighted by Crippen LogP contribution is 2.24. The van der Waals surface area contributed by atoms with Crippen molar-refractivity contribution in [3.05, 3.63) is 35.7 Å². The van der Waals surface area contributed by atoms with E-state index in [9.17, 15) is 8.42 Å². The maximum atomic E-state index is 12.2. The predicted molar refractivity (Wildman–Crippen MR) is 67.6 cm³/mol. The summed E-state index contributed by atoms with van der Waals surface area (Å²) in [6.45, 7) is 3.45. The summed E-state index contributed by atoms with van der Waals surface area (Å²) in [4.78, 5) is 0.154. The average Bonchev–Trinajstić information content (AvgIpc) is 2.75. The quantitative estimate of drug-likeness (QED) is 0.824. The summed E-state index contributed by atoms with van der Waals surface area (Å²) >= 11 is 0. The summed E-state index contributed by atoms with van der Waals surface area (Å²) in [6, 6.07) is 3.30. The first-order valence-electron chi connectivity index (χ1n) is 5.19. The molecule has 7 heteroatoms. The Morgan fingerprint density at radius 1 is 1.33 bits per heavy atom. The minimum absolute atomic E-state index is 0.154. The second-order valence-corrected chi connectivity index (χ2v) is 5.65. The number of nitrogen functional groups attached to an aromatic ring is 1. The number of nitrogens with one attached hydrogen (secondary N) is 1. The van der Waals surface area contributed by atoms with E-state index in [0.29, 0.717) is 11.3 Å². The molecular weight excluding hydrogens is 254 g/mol. The first-order chi connectivity index (χ1) is 8.40. The molecule has 0 atom stereocenters. The van der Waals surface area contributed by atoms with Gasteiger partial charge in [-0.15, -0.1) is 0 Å². The van der Waals surface area contributed by atoms with Crippen molar-refractivity contribution in [2.45, 2.75) is 18.7 Å².